The van der Waals surface area contributed by atoms with Crippen LogP contribution in [0.25, 0.3) is 6.08 Å². The molecule has 0 spiro atoms. The van der Waals surface area contributed by atoms with Gasteiger partial charge in [-0.2, -0.15) is 0 Å². The normalized spacial score (nSPS) is 10.7. The first-order valence-corrected chi connectivity index (χ1v) is 8.69. The third kappa shape index (κ3) is 5.20. The molecule has 0 saturated heterocycles. The summed E-state index contributed by atoms with van der Waals surface area (Å²) in [4.78, 5) is 24.1. The highest BCUT2D eigenvalue weighted by atomic mass is 19.2. The Bertz CT molecular complexity index is 1130. The second kappa shape index (κ2) is 8.87. The van der Waals surface area contributed by atoms with Gasteiger partial charge in [0.1, 0.15) is 11.5 Å². The van der Waals surface area contributed by atoms with Gasteiger partial charge in [-0.1, -0.05) is 0 Å². The lowest BCUT2D eigenvalue weighted by Gasteiger charge is -2.07. The summed E-state index contributed by atoms with van der Waals surface area (Å²) < 4.78 is 26.2. The van der Waals surface area contributed by atoms with Crippen LogP contribution >= 0.6 is 0 Å². The molecule has 152 valence electrons. The third-order valence-corrected chi connectivity index (χ3v) is 4.02. The predicted octanol–water partition coefficient (Wildman–Crippen LogP) is 4.28. The van der Waals surface area contributed by atoms with E-state index in [0.29, 0.717) is 11.4 Å². The molecule has 0 heterocycles. The van der Waals surface area contributed by atoms with Crippen molar-refractivity contribution in [2.45, 2.75) is 0 Å². The maximum Gasteiger partial charge on any atom is 0.255 e. The molecule has 3 aromatic carbocycles. The van der Waals surface area contributed by atoms with Gasteiger partial charge in [-0.05, 0) is 66.7 Å². The van der Waals surface area contributed by atoms with Crippen LogP contribution in [-0.2, 0) is 4.79 Å². The van der Waals surface area contributed by atoms with E-state index in [-0.39, 0.29) is 22.6 Å². The van der Waals surface area contributed by atoms with E-state index in [2.05, 4.69) is 10.6 Å². The highest BCUT2D eigenvalue weighted by molar-refractivity contribution is 6.05. The minimum atomic E-state index is -1.12. The Hall–Kier alpha value is -4.20. The summed E-state index contributed by atoms with van der Waals surface area (Å²) in [7, 11) is 0. The Labute approximate surface area is 170 Å². The lowest BCUT2D eigenvalue weighted by Crippen LogP contribution is -2.12. The largest absolute Gasteiger partial charge is 0.508 e. The number of carbonyl (C=O) groups excluding carboxylic acids is 2. The fourth-order valence-electron chi connectivity index (χ4n) is 2.50. The summed E-state index contributed by atoms with van der Waals surface area (Å²) >= 11 is 0. The summed E-state index contributed by atoms with van der Waals surface area (Å²) in [5.41, 5.74) is 1.07. The summed E-state index contributed by atoms with van der Waals surface area (Å²) in [5, 5.41) is 24.2. The first kappa shape index (κ1) is 20.5. The third-order valence-electron chi connectivity index (χ3n) is 4.02. The lowest BCUT2D eigenvalue weighted by molar-refractivity contribution is -0.111. The van der Waals surface area contributed by atoms with Crippen molar-refractivity contribution in [3.8, 4) is 11.5 Å². The Balaban J connectivity index is 1.60. The molecule has 0 saturated carbocycles. The number of phenolic OH excluding ortho intramolecular Hbond substituents is 2. The summed E-state index contributed by atoms with van der Waals surface area (Å²) in [6.07, 6.45) is 2.54. The van der Waals surface area contributed by atoms with Crippen LogP contribution in [0, 0.1) is 11.6 Å². The number of amides is 2. The van der Waals surface area contributed by atoms with Crippen molar-refractivity contribution in [2.75, 3.05) is 10.6 Å². The zero-order valence-electron chi connectivity index (χ0n) is 15.4. The molecule has 30 heavy (non-hydrogen) atoms. The van der Waals surface area contributed by atoms with E-state index in [1.54, 1.807) is 12.1 Å². The molecule has 2 amide bonds. The van der Waals surface area contributed by atoms with Crippen molar-refractivity contribution in [3.63, 3.8) is 0 Å². The highest BCUT2D eigenvalue weighted by Gasteiger charge is 2.10. The molecule has 3 aromatic rings. The van der Waals surface area contributed by atoms with Crippen molar-refractivity contribution in [2.24, 2.45) is 0 Å². The highest BCUT2D eigenvalue weighted by Crippen LogP contribution is 2.23. The maximum absolute atomic E-state index is 13.2. The van der Waals surface area contributed by atoms with E-state index in [1.807, 2.05) is 0 Å². The Morgan fingerprint density at radius 1 is 0.800 bits per heavy atom. The van der Waals surface area contributed by atoms with Crippen molar-refractivity contribution >= 4 is 29.3 Å². The molecule has 6 nitrogen and oxygen atoms in total. The van der Waals surface area contributed by atoms with Gasteiger partial charge in [0, 0.05) is 28.6 Å². The molecule has 3 rings (SSSR count). The Morgan fingerprint density at radius 3 is 2.13 bits per heavy atom. The number of aromatic hydroxyl groups is 2. The van der Waals surface area contributed by atoms with E-state index >= 15 is 0 Å². The van der Waals surface area contributed by atoms with Crippen molar-refractivity contribution in [1.29, 1.82) is 0 Å². The zero-order valence-corrected chi connectivity index (χ0v) is 15.4. The smallest absolute Gasteiger partial charge is 0.255 e. The summed E-state index contributed by atoms with van der Waals surface area (Å²) in [6, 6.07) is 12.9. The topological polar surface area (TPSA) is 98.7 Å². The molecule has 0 aromatic heterocycles. The fourth-order valence-corrected chi connectivity index (χ4v) is 2.50. The molecule has 0 bridgehead atoms. The van der Waals surface area contributed by atoms with Crippen molar-refractivity contribution in [3.05, 3.63) is 89.5 Å². The van der Waals surface area contributed by atoms with Crippen LogP contribution in [0.4, 0.5) is 20.2 Å². The maximum atomic E-state index is 13.2. The molecule has 0 fully saturated rings. The van der Waals surface area contributed by atoms with Crippen LogP contribution in [-0.4, -0.2) is 22.0 Å². The van der Waals surface area contributed by atoms with Crippen LogP contribution < -0.4 is 10.6 Å². The molecule has 4 N–H and O–H groups in total. The number of halogens is 2. The van der Waals surface area contributed by atoms with Crippen LogP contribution in [0.15, 0.2) is 66.7 Å². The number of carbonyl (C=O) groups is 2. The number of rotatable bonds is 5. The predicted molar refractivity (Wildman–Crippen MR) is 108 cm³/mol. The van der Waals surface area contributed by atoms with E-state index in [0.717, 1.165) is 12.1 Å². The van der Waals surface area contributed by atoms with E-state index in [4.69, 9.17) is 0 Å². The average molecular weight is 410 g/mol. The van der Waals surface area contributed by atoms with Gasteiger partial charge in [0.2, 0.25) is 5.91 Å². The second-order valence-electron chi connectivity index (χ2n) is 6.23. The molecule has 0 aliphatic rings. The zero-order chi connectivity index (χ0) is 21.7. The Kier molecular flexibility index (Phi) is 6.07. The first-order valence-electron chi connectivity index (χ1n) is 8.69. The van der Waals surface area contributed by atoms with Gasteiger partial charge in [0.25, 0.3) is 5.91 Å². The number of hydrogen-bond acceptors (Lipinski definition) is 4. The molecule has 0 unspecified atom stereocenters. The number of anilines is 2. The molecular formula is C22H16F2N2O4. The minimum absolute atomic E-state index is 0.0355. The van der Waals surface area contributed by atoms with Crippen LogP contribution in [0.3, 0.4) is 0 Å². The molecule has 0 aliphatic heterocycles. The average Bonchev–Trinajstić information content (AvgIpc) is 2.72. The van der Waals surface area contributed by atoms with Crippen LogP contribution in [0.2, 0.25) is 0 Å². The fraction of sp³-hybridized carbons (Fsp3) is 0. The standard InChI is InChI=1S/C22H16F2N2O4/c23-18-8-1-14(12-19(18)24)22(30)26-16-5-3-15(4-6-16)25-21(29)10-2-13-11-17(27)7-9-20(13)28/h1-12,27-28H,(H,25,29)(H,26,30)/b10-2+. The summed E-state index contributed by atoms with van der Waals surface area (Å²) in [6.45, 7) is 0. The molecular weight excluding hydrogens is 394 g/mol. The molecule has 0 aliphatic carbocycles. The monoisotopic (exact) mass is 410 g/mol. The molecule has 0 radical (unpaired) electrons. The lowest BCUT2D eigenvalue weighted by atomic mass is 10.1. The first-order chi connectivity index (χ1) is 14.3. The Morgan fingerprint density at radius 2 is 1.47 bits per heavy atom. The van der Waals surface area contributed by atoms with Gasteiger partial charge in [-0.15, -0.1) is 0 Å². The number of benzene rings is 3. The molecule has 0 atom stereocenters. The van der Waals surface area contributed by atoms with Crippen molar-refractivity contribution in [1.82, 2.24) is 0 Å². The number of hydrogen-bond donors (Lipinski definition) is 4. The van der Waals surface area contributed by atoms with Gasteiger partial charge in [0.15, 0.2) is 11.6 Å². The quantitative estimate of drug-likeness (QED) is 0.373. The SMILES string of the molecule is O=C(/C=C/c1cc(O)ccc1O)Nc1ccc(NC(=O)c2ccc(F)c(F)c2)cc1. The van der Waals surface area contributed by atoms with Gasteiger partial charge in [-0.3, -0.25) is 9.59 Å². The summed E-state index contributed by atoms with van der Waals surface area (Å²) in [5.74, 6) is -3.38. The second-order valence-corrected chi connectivity index (χ2v) is 6.23. The van der Waals surface area contributed by atoms with E-state index in [9.17, 15) is 28.6 Å². The molecule has 8 heteroatoms. The minimum Gasteiger partial charge on any atom is -0.508 e. The van der Waals surface area contributed by atoms with Crippen LogP contribution in [0.1, 0.15) is 15.9 Å². The van der Waals surface area contributed by atoms with E-state index < -0.39 is 23.4 Å². The van der Waals surface area contributed by atoms with E-state index in [1.165, 1.54) is 48.6 Å². The van der Waals surface area contributed by atoms with Gasteiger partial charge in [0.05, 0.1) is 0 Å². The van der Waals surface area contributed by atoms with Gasteiger partial charge >= 0.3 is 0 Å². The number of nitrogens with one attached hydrogen (secondary N) is 2. The van der Waals surface area contributed by atoms with Gasteiger partial charge in [-0.25, -0.2) is 8.78 Å². The van der Waals surface area contributed by atoms with Crippen molar-refractivity contribution < 1.29 is 28.6 Å². The van der Waals surface area contributed by atoms with Gasteiger partial charge < -0.3 is 20.8 Å². The van der Waals surface area contributed by atoms with Crippen LogP contribution in [0.5, 0.6) is 11.5 Å². The number of phenols is 2.